The monoisotopic (exact) mass is 552 g/mol. The highest BCUT2D eigenvalue weighted by Crippen LogP contribution is 2.20. The fraction of sp³-hybridized carbons (Fsp3) is 0.588. The predicted octanol–water partition coefficient (Wildman–Crippen LogP) is 8.11. The predicted molar refractivity (Wildman–Crippen MR) is 165 cm³/mol. The minimum Gasteiger partial charge on any atom is -0.493 e. The molecule has 2 amide bonds. The van der Waals surface area contributed by atoms with E-state index < -0.39 is 0 Å². The van der Waals surface area contributed by atoms with Crippen molar-refractivity contribution in [3.8, 4) is 11.5 Å². The molecule has 0 fully saturated rings. The molecule has 0 radical (unpaired) electrons. The molecule has 0 bridgehead atoms. The van der Waals surface area contributed by atoms with Crippen molar-refractivity contribution in [2.45, 2.75) is 104 Å². The Morgan fingerprint density at radius 3 is 1.32 bits per heavy atom. The van der Waals surface area contributed by atoms with Crippen molar-refractivity contribution in [1.29, 1.82) is 0 Å². The lowest BCUT2D eigenvalue weighted by Crippen LogP contribution is -2.25. The van der Waals surface area contributed by atoms with Gasteiger partial charge in [-0.05, 0) is 49.9 Å². The Morgan fingerprint density at radius 2 is 0.900 bits per heavy atom. The molecule has 2 aromatic carbocycles. The smallest absolute Gasteiger partial charge is 0.255 e. The number of nitrogens with one attached hydrogen (secondary N) is 2. The van der Waals surface area contributed by atoms with Crippen LogP contribution in [0.2, 0.25) is 0 Å². The summed E-state index contributed by atoms with van der Waals surface area (Å²) >= 11 is 0. The van der Waals surface area contributed by atoms with E-state index in [1.165, 1.54) is 25.7 Å². The summed E-state index contributed by atoms with van der Waals surface area (Å²) in [6.45, 7) is 7.01. The number of benzene rings is 2. The highest BCUT2D eigenvalue weighted by atomic mass is 16.5. The van der Waals surface area contributed by atoms with Crippen molar-refractivity contribution in [2.75, 3.05) is 26.3 Å². The molecule has 222 valence electrons. The molecule has 2 rings (SSSR count). The molecule has 0 aliphatic carbocycles. The van der Waals surface area contributed by atoms with Crippen molar-refractivity contribution in [3.05, 3.63) is 59.7 Å². The van der Waals surface area contributed by atoms with Gasteiger partial charge in [0.1, 0.15) is 11.5 Å². The number of ether oxygens (including phenoxy) is 2. The molecule has 40 heavy (non-hydrogen) atoms. The van der Waals surface area contributed by atoms with E-state index in [-0.39, 0.29) is 11.8 Å². The molecule has 0 spiro atoms. The van der Waals surface area contributed by atoms with E-state index >= 15 is 0 Å². The van der Waals surface area contributed by atoms with Gasteiger partial charge < -0.3 is 20.1 Å². The fourth-order valence-electron chi connectivity index (χ4n) is 4.53. The standard InChI is InChI=1S/C34H52N2O4/c1-3-5-7-19-27-39-31-23-15-13-21-29(31)33(37)35-25-17-11-9-10-12-18-26-36-34(38)30-22-14-16-24-32(30)40-28-20-8-6-4-2/h13-16,21-24H,3-12,17-20,25-28H2,1-2H3,(H,35,37)(H,36,38). The summed E-state index contributed by atoms with van der Waals surface area (Å²) in [7, 11) is 0. The van der Waals surface area contributed by atoms with Gasteiger partial charge in [-0.3, -0.25) is 9.59 Å². The summed E-state index contributed by atoms with van der Waals surface area (Å²) in [5.41, 5.74) is 1.22. The van der Waals surface area contributed by atoms with E-state index in [0.717, 1.165) is 64.2 Å². The maximum absolute atomic E-state index is 12.6. The summed E-state index contributed by atoms with van der Waals surface area (Å²) < 4.78 is 11.8. The summed E-state index contributed by atoms with van der Waals surface area (Å²) in [5.74, 6) is 1.20. The quantitative estimate of drug-likeness (QED) is 0.137. The van der Waals surface area contributed by atoms with Crippen molar-refractivity contribution >= 4 is 11.8 Å². The number of amides is 2. The lowest BCUT2D eigenvalue weighted by atomic mass is 10.1. The van der Waals surface area contributed by atoms with E-state index in [1.54, 1.807) is 0 Å². The average Bonchev–Trinajstić information content (AvgIpc) is 2.98. The molecular weight excluding hydrogens is 500 g/mol. The number of hydrogen-bond acceptors (Lipinski definition) is 4. The molecule has 0 atom stereocenters. The van der Waals surface area contributed by atoms with Crippen LogP contribution in [0, 0.1) is 0 Å². The summed E-state index contributed by atoms with van der Waals surface area (Å²) in [5, 5.41) is 6.08. The van der Waals surface area contributed by atoms with Crippen molar-refractivity contribution in [1.82, 2.24) is 10.6 Å². The average molecular weight is 553 g/mol. The fourth-order valence-corrected chi connectivity index (χ4v) is 4.53. The van der Waals surface area contributed by atoms with Gasteiger partial charge in [-0.1, -0.05) is 102 Å². The Kier molecular flexibility index (Phi) is 18.1. The second-order valence-electron chi connectivity index (χ2n) is 10.4. The number of unbranched alkanes of at least 4 members (excludes halogenated alkanes) is 11. The Hall–Kier alpha value is -3.02. The number of carbonyl (C=O) groups is 2. The molecule has 2 N–H and O–H groups in total. The van der Waals surface area contributed by atoms with Crippen molar-refractivity contribution in [3.63, 3.8) is 0 Å². The van der Waals surface area contributed by atoms with E-state index in [1.807, 2.05) is 48.5 Å². The first-order valence-corrected chi connectivity index (χ1v) is 15.7. The molecule has 0 unspecified atom stereocenters. The van der Waals surface area contributed by atoms with Crippen LogP contribution in [0.5, 0.6) is 11.5 Å². The van der Waals surface area contributed by atoms with Crippen molar-refractivity contribution < 1.29 is 19.1 Å². The largest absolute Gasteiger partial charge is 0.493 e. The zero-order valence-corrected chi connectivity index (χ0v) is 25.0. The van der Waals surface area contributed by atoms with Crippen LogP contribution >= 0.6 is 0 Å². The van der Waals surface area contributed by atoms with Gasteiger partial charge in [-0.25, -0.2) is 0 Å². The minimum atomic E-state index is -0.0663. The third kappa shape index (κ3) is 13.9. The maximum Gasteiger partial charge on any atom is 0.255 e. The third-order valence-corrected chi connectivity index (χ3v) is 6.95. The van der Waals surface area contributed by atoms with E-state index in [9.17, 15) is 9.59 Å². The van der Waals surface area contributed by atoms with Crippen LogP contribution < -0.4 is 20.1 Å². The van der Waals surface area contributed by atoms with Crippen molar-refractivity contribution in [2.24, 2.45) is 0 Å². The van der Waals surface area contributed by atoms with E-state index in [4.69, 9.17) is 9.47 Å². The van der Waals surface area contributed by atoms with Gasteiger partial charge in [0.2, 0.25) is 0 Å². The number of hydrogen-bond donors (Lipinski definition) is 2. The zero-order valence-electron chi connectivity index (χ0n) is 25.0. The molecule has 0 heterocycles. The first kappa shape index (κ1) is 33.2. The molecular formula is C34H52N2O4. The number of rotatable bonds is 23. The van der Waals surface area contributed by atoms with Gasteiger partial charge in [0.05, 0.1) is 24.3 Å². The molecule has 2 aromatic rings. The molecule has 6 heteroatoms. The molecule has 0 saturated heterocycles. The van der Waals surface area contributed by atoms with Gasteiger partial charge in [0.25, 0.3) is 11.8 Å². The normalized spacial score (nSPS) is 10.8. The van der Waals surface area contributed by atoms with Gasteiger partial charge in [0.15, 0.2) is 0 Å². The van der Waals surface area contributed by atoms with Gasteiger partial charge in [-0.15, -0.1) is 0 Å². The van der Waals surface area contributed by atoms with Gasteiger partial charge in [0, 0.05) is 13.1 Å². The summed E-state index contributed by atoms with van der Waals surface area (Å²) in [6.07, 6.45) is 15.5. The third-order valence-electron chi connectivity index (χ3n) is 6.95. The number of para-hydroxylation sites is 2. The van der Waals surface area contributed by atoms with Gasteiger partial charge >= 0.3 is 0 Å². The lowest BCUT2D eigenvalue weighted by molar-refractivity contribution is 0.0939. The van der Waals surface area contributed by atoms with Crippen LogP contribution in [0.3, 0.4) is 0 Å². The molecule has 0 saturated carbocycles. The molecule has 6 nitrogen and oxygen atoms in total. The van der Waals surface area contributed by atoms with E-state index in [0.29, 0.717) is 48.9 Å². The SMILES string of the molecule is CCCCCCOc1ccccc1C(=O)NCCCCCCCCNC(=O)c1ccccc1OCCCCCC. The Labute approximate surface area is 242 Å². The Morgan fingerprint density at radius 1 is 0.525 bits per heavy atom. The first-order valence-electron chi connectivity index (χ1n) is 15.7. The van der Waals surface area contributed by atoms with Crippen LogP contribution in [0.25, 0.3) is 0 Å². The first-order chi connectivity index (χ1) is 19.7. The highest BCUT2D eigenvalue weighted by Gasteiger charge is 2.12. The Bertz CT molecular complexity index is 885. The Balaban J connectivity index is 1.53. The van der Waals surface area contributed by atoms with Gasteiger partial charge in [-0.2, -0.15) is 0 Å². The van der Waals surface area contributed by atoms with Crippen LogP contribution in [0.4, 0.5) is 0 Å². The van der Waals surface area contributed by atoms with E-state index in [2.05, 4.69) is 24.5 Å². The highest BCUT2D eigenvalue weighted by molar-refractivity contribution is 5.97. The maximum atomic E-state index is 12.6. The molecule has 0 aliphatic rings. The van der Waals surface area contributed by atoms with Crippen LogP contribution in [-0.4, -0.2) is 38.1 Å². The number of carbonyl (C=O) groups excluding carboxylic acids is 2. The molecule has 0 aliphatic heterocycles. The summed E-state index contributed by atoms with van der Waals surface area (Å²) in [6, 6.07) is 15.0. The topological polar surface area (TPSA) is 76.7 Å². The second-order valence-corrected chi connectivity index (χ2v) is 10.4. The molecule has 0 aromatic heterocycles. The minimum absolute atomic E-state index is 0.0663. The van der Waals surface area contributed by atoms with Crippen LogP contribution in [-0.2, 0) is 0 Å². The van der Waals surface area contributed by atoms with Crippen LogP contribution in [0.1, 0.15) is 124 Å². The zero-order chi connectivity index (χ0) is 28.7. The second kappa shape index (κ2) is 21.8. The lowest BCUT2D eigenvalue weighted by Gasteiger charge is -2.12. The van der Waals surface area contributed by atoms with Crippen LogP contribution in [0.15, 0.2) is 48.5 Å². The summed E-state index contributed by atoms with van der Waals surface area (Å²) in [4.78, 5) is 25.3.